The number of carboxylic acid groups (broad SMARTS) is 1. The van der Waals surface area contributed by atoms with Crippen LogP contribution in [-0.2, 0) is 12.8 Å². The van der Waals surface area contributed by atoms with Crippen LogP contribution in [0.5, 0.6) is 0 Å². The number of aromatic carboxylic acids is 1. The third-order valence-electron chi connectivity index (χ3n) is 6.74. The zero-order valence-electron chi connectivity index (χ0n) is 17.3. The average molecular weight is 401 g/mol. The number of fused-ring (bicyclic) bond motifs is 3. The van der Waals surface area contributed by atoms with Crippen LogP contribution in [0.3, 0.4) is 0 Å². The number of rotatable bonds is 6. The molecule has 5 rings (SSSR count). The van der Waals surface area contributed by atoms with Crippen LogP contribution >= 0.6 is 0 Å². The van der Waals surface area contributed by atoms with Crippen LogP contribution < -0.4 is 0 Å². The van der Waals surface area contributed by atoms with Crippen molar-refractivity contribution in [1.82, 2.24) is 9.88 Å². The maximum absolute atomic E-state index is 11.3. The molecule has 4 heteroatoms. The highest BCUT2D eigenvalue weighted by molar-refractivity contribution is 5.94. The van der Waals surface area contributed by atoms with Gasteiger partial charge in [0.15, 0.2) is 0 Å². The van der Waals surface area contributed by atoms with E-state index in [4.69, 9.17) is 0 Å². The lowest BCUT2D eigenvalue weighted by molar-refractivity contribution is 0.0697. The molecule has 4 nitrogen and oxygen atoms in total. The first-order chi connectivity index (χ1) is 14.7. The number of unbranched alkanes of at least 4 members (excludes halogenated alkanes) is 1. The summed E-state index contributed by atoms with van der Waals surface area (Å²) in [5, 5.41) is 10.3. The van der Waals surface area contributed by atoms with Gasteiger partial charge >= 0.3 is 5.97 Å². The molecule has 1 aliphatic heterocycles. The Morgan fingerprint density at radius 2 is 1.97 bits per heavy atom. The predicted octanol–water partition coefficient (Wildman–Crippen LogP) is 5.29. The number of aromatic nitrogens is 1. The number of carboxylic acids is 1. The van der Waals surface area contributed by atoms with Gasteiger partial charge in [0.05, 0.1) is 5.56 Å². The van der Waals surface area contributed by atoms with E-state index in [1.165, 1.54) is 42.4 Å². The molecule has 0 saturated heterocycles. The summed E-state index contributed by atoms with van der Waals surface area (Å²) in [4.78, 5) is 17.2. The molecule has 0 saturated carbocycles. The van der Waals surface area contributed by atoms with Gasteiger partial charge in [0, 0.05) is 30.2 Å². The second kappa shape index (κ2) is 8.11. The van der Waals surface area contributed by atoms with E-state index in [-0.39, 0.29) is 0 Å². The fourth-order valence-electron chi connectivity index (χ4n) is 5.12. The van der Waals surface area contributed by atoms with Gasteiger partial charge in [-0.25, -0.2) is 4.79 Å². The topological polar surface area (TPSA) is 56.3 Å². The number of benzene rings is 2. The zero-order valence-corrected chi connectivity index (χ0v) is 17.3. The fraction of sp³-hybridized carbons (Fsp3) is 0.346. The van der Waals surface area contributed by atoms with E-state index in [9.17, 15) is 9.90 Å². The number of nitrogens with one attached hydrogen (secondary N) is 1. The summed E-state index contributed by atoms with van der Waals surface area (Å²) in [6, 6.07) is 14.2. The number of hydrogen-bond acceptors (Lipinski definition) is 2. The lowest BCUT2D eigenvalue weighted by atomic mass is 9.82. The van der Waals surface area contributed by atoms with Crippen LogP contribution in [0.4, 0.5) is 0 Å². The van der Waals surface area contributed by atoms with Crippen molar-refractivity contribution < 1.29 is 9.90 Å². The van der Waals surface area contributed by atoms with E-state index in [0.717, 1.165) is 43.4 Å². The zero-order chi connectivity index (χ0) is 20.5. The van der Waals surface area contributed by atoms with Gasteiger partial charge in [-0.05, 0) is 85.5 Å². The highest BCUT2D eigenvalue weighted by Gasteiger charge is 2.24. The third-order valence-corrected chi connectivity index (χ3v) is 6.74. The molecule has 0 fully saturated rings. The molecule has 2 aromatic carbocycles. The quantitative estimate of drug-likeness (QED) is 0.553. The second-order valence-corrected chi connectivity index (χ2v) is 8.60. The van der Waals surface area contributed by atoms with Gasteiger partial charge in [0.2, 0.25) is 0 Å². The molecule has 0 atom stereocenters. The van der Waals surface area contributed by atoms with Gasteiger partial charge in [0.25, 0.3) is 0 Å². The molecule has 2 heterocycles. The molecule has 30 heavy (non-hydrogen) atoms. The summed E-state index contributed by atoms with van der Waals surface area (Å²) in [7, 11) is 0. The highest BCUT2D eigenvalue weighted by Crippen LogP contribution is 2.36. The number of carbonyl (C=O) groups is 1. The standard InChI is InChI=1S/C26H28N2O2/c29-26(30)19-10-11-25-24(15-19)20(16-27-25)6-3-4-13-28-14-12-23-21(17-28)9-8-18-5-1-2-7-22(18)23/h1-2,5,7,10-11,15-16,27H,3-4,6,8-9,12-14,17H2,(H,29,30). The summed E-state index contributed by atoms with van der Waals surface area (Å²) >= 11 is 0. The first-order valence-electron chi connectivity index (χ1n) is 11.0. The molecular formula is C26H28N2O2. The summed E-state index contributed by atoms with van der Waals surface area (Å²) < 4.78 is 0. The van der Waals surface area contributed by atoms with Crippen LogP contribution in [0.2, 0.25) is 0 Å². The van der Waals surface area contributed by atoms with Gasteiger partial charge in [-0.3, -0.25) is 4.90 Å². The molecule has 2 N–H and O–H groups in total. The number of hydrogen-bond donors (Lipinski definition) is 2. The van der Waals surface area contributed by atoms with Crippen molar-refractivity contribution in [3.8, 4) is 0 Å². The maximum atomic E-state index is 11.3. The van der Waals surface area contributed by atoms with Crippen molar-refractivity contribution >= 4 is 22.4 Å². The van der Waals surface area contributed by atoms with E-state index in [1.54, 1.807) is 23.3 Å². The Labute approximate surface area is 177 Å². The van der Waals surface area contributed by atoms with Crippen LogP contribution in [0.1, 0.15) is 52.7 Å². The highest BCUT2D eigenvalue weighted by atomic mass is 16.4. The molecule has 1 aromatic heterocycles. The Bertz CT molecular complexity index is 1130. The van der Waals surface area contributed by atoms with Gasteiger partial charge in [-0.1, -0.05) is 29.8 Å². The molecule has 0 spiro atoms. The predicted molar refractivity (Wildman–Crippen MR) is 121 cm³/mol. The molecule has 0 amide bonds. The van der Waals surface area contributed by atoms with Crippen LogP contribution in [-0.4, -0.2) is 40.6 Å². The molecule has 2 aliphatic rings. The Morgan fingerprint density at radius 1 is 1.07 bits per heavy atom. The Morgan fingerprint density at radius 3 is 2.87 bits per heavy atom. The Hall–Kier alpha value is -2.85. The van der Waals surface area contributed by atoms with E-state index in [1.807, 2.05) is 12.3 Å². The summed E-state index contributed by atoms with van der Waals surface area (Å²) in [6.07, 6.45) is 8.88. The van der Waals surface area contributed by atoms with E-state index < -0.39 is 5.97 Å². The summed E-state index contributed by atoms with van der Waals surface area (Å²) in [5.74, 6) is -0.867. The maximum Gasteiger partial charge on any atom is 0.335 e. The number of nitrogens with zero attached hydrogens (tertiary/aromatic N) is 1. The molecule has 0 bridgehead atoms. The molecule has 0 unspecified atom stereocenters. The molecule has 3 aromatic rings. The number of H-pyrrole nitrogens is 1. The second-order valence-electron chi connectivity index (χ2n) is 8.60. The van der Waals surface area contributed by atoms with Gasteiger partial charge < -0.3 is 10.1 Å². The lowest BCUT2D eigenvalue weighted by Crippen LogP contribution is -2.33. The fourth-order valence-corrected chi connectivity index (χ4v) is 5.12. The van der Waals surface area contributed by atoms with Crippen molar-refractivity contribution in [2.75, 3.05) is 19.6 Å². The monoisotopic (exact) mass is 400 g/mol. The molecule has 0 radical (unpaired) electrons. The number of aromatic amines is 1. The minimum atomic E-state index is -0.867. The largest absolute Gasteiger partial charge is 0.478 e. The van der Waals surface area contributed by atoms with Crippen molar-refractivity contribution in [3.05, 3.63) is 76.5 Å². The minimum Gasteiger partial charge on any atom is -0.478 e. The first kappa shape index (κ1) is 19.1. The van der Waals surface area contributed by atoms with Gasteiger partial charge in [-0.15, -0.1) is 0 Å². The van der Waals surface area contributed by atoms with Crippen molar-refractivity contribution in [2.45, 2.75) is 38.5 Å². The summed E-state index contributed by atoms with van der Waals surface area (Å²) in [5.41, 5.74) is 8.88. The van der Waals surface area contributed by atoms with E-state index in [0.29, 0.717) is 5.56 Å². The van der Waals surface area contributed by atoms with Crippen LogP contribution in [0, 0.1) is 0 Å². The lowest BCUT2D eigenvalue weighted by Gasteiger charge is -2.34. The normalized spacial score (nSPS) is 16.5. The minimum absolute atomic E-state index is 0.356. The van der Waals surface area contributed by atoms with Gasteiger partial charge in [0.1, 0.15) is 0 Å². The van der Waals surface area contributed by atoms with Crippen molar-refractivity contribution in [3.63, 3.8) is 0 Å². The Balaban J connectivity index is 1.17. The third kappa shape index (κ3) is 3.68. The SMILES string of the molecule is O=C(O)c1ccc2[nH]cc(CCCCN3CCC4=C(CCc5ccccc54)C3)c2c1. The average Bonchev–Trinajstić information content (AvgIpc) is 3.18. The summed E-state index contributed by atoms with van der Waals surface area (Å²) in [6.45, 7) is 3.42. The van der Waals surface area contributed by atoms with E-state index in [2.05, 4.69) is 34.1 Å². The van der Waals surface area contributed by atoms with E-state index >= 15 is 0 Å². The molecule has 1 aliphatic carbocycles. The smallest absolute Gasteiger partial charge is 0.335 e. The first-order valence-corrected chi connectivity index (χ1v) is 11.0. The molecular weight excluding hydrogens is 372 g/mol. The number of aryl methyl sites for hydroxylation is 2. The Kier molecular flexibility index (Phi) is 5.17. The van der Waals surface area contributed by atoms with Crippen LogP contribution in [0.25, 0.3) is 16.5 Å². The molecule has 154 valence electrons. The van der Waals surface area contributed by atoms with Crippen molar-refractivity contribution in [2.24, 2.45) is 0 Å². The van der Waals surface area contributed by atoms with Crippen LogP contribution in [0.15, 0.2) is 54.2 Å². The van der Waals surface area contributed by atoms with Gasteiger partial charge in [-0.2, -0.15) is 0 Å². The van der Waals surface area contributed by atoms with Crippen molar-refractivity contribution in [1.29, 1.82) is 0 Å².